The molecule has 1 rings (SSSR count). The summed E-state index contributed by atoms with van der Waals surface area (Å²) < 4.78 is 20.3. The Balaban J connectivity index is 2.49. The van der Waals surface area contributed by atoms with Crippen LogP contribution in [0.15, 0.2) is 0 Å². The fraction of sp³-hybridized carbons (Fsp3) is 0.909. The van der Waals surface area contributed by atoms with Crippen LogP contribution in [0.5, 0.6) is 0 Å². The van der Waals surface area contributed by atoms with E-state index in [1.54, 1.807) is 0 Å². The Morgan fingerprint density at radius 2 is 2.14 bits per heavy atom. The van der Waals surface area contributed by atoms with Gasteiger partial charge in [-0.25, -0.2) is 9.36 Å². The van der Waals surface area contributed by atoms with Gasteiger partial charge in [-0.15, -0.1) is 0 Å². The average Bonchev–Trinajstić information content (AvgIpc) is 2.36. The van der Waals surface area contributed by atoms with E-state index < -0.39 is 26.1 Å². The third-order valence-electron chi connectivity index (χ3n) is 2.94. The van der Waals surface area contributed by atoms with E-state index in [0.717, 1.165) is 0 Å². The van der Waals surface area contributed by atoms with Crippen LogP contribution < -0.4 is 5.32 Å². The molecule has 0 aliphatic carbocycles. The van der Waals surface area contributed by atoms with Crippen molar-refractivity contribution in [3.63, 3.8) is 0 Å². The van der Waals surface area contributed by atoms with Crippen LogP contribution >= 0.6 is 7.82 Å². The monoisotopic (exact) mass is 326 g/mol. The standard InChI is InChI=1S/C11H23N2O7P/c1-11(2,8-19-21(16,17)18)20-10(15)13-5-4-12-9(7-13)3-6-14/h9,12,14H,3-8H2,1-2H3,(H2,16,17,18)/t9-/m0/s1. The highest BCUT2D eigenvalue weighted by Gasteiger charge is 2.31. The van der Waals surface area contributed by atoms with E-state index in [1.165, 1.54) is 18.7 Å². The number of hydrogen-bond donors (Lipinski definition) is 4. The van der Waals surface area contributed by atoms with Gasteiger partial charge in [-0.05, 0) is 20.3 Å². The summed E-state index contributed by atoms with van der Waals surface area (Å²) in [6.45, 7) is 4.11. The number of carbonyl (C=O) groups is 1. The first kappa shape index (κ1) is 18.3. The third kappa shape index (κ3) is 7.21. The van der Waals surface area contributed by atoms with E-state index in [9.17, 15) is 9.36 Å². The first-order valence-corrected chi connectivity index (χ1v) is 8.18. The van der Waals surface area contributed by atoms with Crippen molar-refractivity contribution in [2.75, 3.05) is 32.8 Å². The van der Waals surface area contributed by atoms with Crippen molar-refractivity contribution >= 4 is 13.9 Å². The molecule has 9 nitrogen and oxygen atoms in total. The highest BCUT2D eigenvalue weighted by molar-refractivity contribution is 7.46. The van der Waals surface area contributed by atoms with Gasteiger partial charge < -0.3 is 29.8 Å². The number of carbonyl (C=O) groups excluding carboxylic acids is 1. The molecule has 0 spiro atoms. The number of nitrogens with zero attached hydrogens (tertiary/aromatic N) is 1. The van der Waals surface area contributed by atoms with Crippen LogP contribution in [-0.2, 0) is 13.8 Å². The third-order valence-corrected chi connectivity index (χ3v) is 3.40. The van der Waals surface area contributed by atoms with Gasteiger partial charge in [0.05, 0.1) is 6.61 Å². The number of aliphatic hydroxyl groups excluding tert-OH is 1. The molecule has 1 fully saturated rings. The van der Waals surface area contributed by atoms with Crippen LogP contribution in [0.1, 0.15) is 20.3 Å². The number of amides is 1. The first-order chi connectivity index (χ1) is 9.63. The van der Waals surface area contributed by atoms with Crippen LogP contribution in [0.2, 0.25) is 0 Å². The highest BCUT2D eigenvalue weighted by Crippen LogP contribution is 2.37. The summed E-state index contributed by atoms with van der Waals surface area (Å²) in [7, 11) is -4.60. The van der Waals surface area contributed by atoms with Gasteiger partial charge in [0.1, 0.15) is 5.60 Å². The Hall–Kier alpha value is -0.700. The molecule has 21 heavy (non-hydrogen) atoms. The number of hydrogen-bond acceptors (Lipinski definition) is 6. The molecule has 1 aliphatic rings. The number of aliphatic hydroxyl groups is 1. The Morgan fingerprint density at radius 1 is 1.48 bits per heavy atom. The lowest BCUT2D eigenvalue weighted by atomic mass is 10.1. The van der Waals surface area contributed by atoms with Crippen molar-refractivity contribution in [2.45, 2.75) is 31.9 Å². The molecule has 0 aromatic rings. The number of nitrogens with one attached hydrogen (secondary N) is 1. The number of phosphoric acid groups is 1. The maximum atomic E-state index is 12.1. The fourth-order valence-corrected chi connectivity index (χ4v) is 2.39. The molecule has 0 saturated carbocycles. The summed E-state index contributed by atoms with van der Waals surface area (Å²) >= 11 is 0. The van der Waals surface area contributed by atoms with Crippen molar-refractivity contribution in [3.05, 3.63) is 0 Å². The van der Waals surface area contributed by atoms with E-state index in [4.69, 9.17) is 19.6 Å². The highest BCUT2D eigenvalue weighted by atomic mass is 31.2. The minimum atomic E-state index is -4.60. The normalized spacial score (nSPS) is 20.4. The largest absolute Gasteiger partial charge is 0.469 e. The smallest absolute Gasteiger partial charge is 0.441 e. The van der Waals surface area contributed by atoms with Gasteiger partial charge in [-0.2, -0.15) is 0 Å². The van der Waals surface area contributed by atoms with Crippen molar-refractivity contribution in [3.8, 4) is 0 Å². The molecule has 4 N–H and O–H groups in total. The Kier molecular flexibility index (Phi) is 6.58. The zero-order chi connectivity index (χ0) is 16.1. The topological polar surface area (TPSA) is 129 Å². The van der Waals surface area contributed by atoms with Crippen LogP contribution in [0.3, 0.4) is 0 Å². The molecule has 1 amide bonds. The molecule has 124 valence electrons. The van der Waals surface area contributed by atoms with Crippen molar-refractivity contribution in [2.24, 2.45) is 0 Å². The number of phosphoric ester groups is 1. The summed E-state index contributed by atoms with van der Waals surface area (Å²) in [4.78, 5) is 30.9. The quantitative estimate of drug-likeness (QED) is 0.488. The maximum absolute atomic E-state index is 12.1. The van der Waals surface area contributed by atoms with E-state index in [0.29, 0.717) is 26.1 Å². The molecule has 10 heteroatoms. The Bertz CT molecular complexity index is 396. The Morgan fingerprint density at radius 3 is 2.71 bits per heavy atom. The van der Waals surface area contributed by atoms with Crippen LogP contribution in [0.25, 0.3) is 0 Å². The summed E-state index contributed by atoms with van der Waals surface area (Å²) in [5.41, 5.74) is -1.16. The number of piperazine rings is 1. The lowest BCUT2D eigenvalue weighted by molar-refractivity contribution is -0.0237. The van der Waals surface area contributed by atoms with E-state index in [1.807, 2.05) is 0 Å². The molecule has 0 unspecified atom stereocenters. The molecule has 0 aromatic carbocycles. The van der Waals surface area contributed by atoms with Crippen LogP contribution in [-0.4, -0.2) is 70.4 Å². The van der Waals surface area contributed by atoms with Gasteiger partial charge in [0.15, 0.2) is 0 Å². The zero-order valence-electron chi connectivity index (χ0n) is 12.2. The SMILES string of the molecule is CC(C)(COP(=O)(O)O)OC(=O)N1CCN[C@@H](CCO)C1. The van der Waals surface area contributed by atoms with E-state index >= 15 is 0 Å². The lowest BCUT2D eigenvalue weighted by Gasteiger charge is -2.35. The summed E-state index contributed by atoms with van der Waals surface area (Å²) in [5, 5.41) is 12.1. The average molecular weight is 326 g/mol. The fourth-order valence-electron chi connectivity index (χ4n) is 1.91. The zero-order valence-corrected chi connectivity index (χ0v) is 13.1. The van der Waals surface area contributed by atoms with E-state index in [2.05, 4.69) is 9.84 Å². The molecule has 1 saturated heterocycles. The summed E-state index contributed by atoms with van der Waals surface area (Å²) in [6, 6.07) is 0.00534. The van der Waals surface area contributed by atoms with E-state index in [-0.39, 0.29) is 12.6 Å². The first-order valence-electron chi connectivity index (χ1n) is 6.65. The molecule has 1 atom stereocenters. The van der Waals surface area contributed by atoms with Gasteiger partial charge in [-0.1, -0.05) is 0 Å². The molecule has 0 bridgehead atoms. The second kappa shape index (κ2) is 7.53. The van der Waals surface area contributed by atoms with Crippen molar-refractivity contribution in [1.29, 1.82) is 0 Å². The molecular formula is C11H23N2O7P. The van der Waals surface area contributed by atoms with Gasteiger partial charge in [0.25, 0.3) is 0 Å². The molecule has 1 aliphatic heterocycles. The summed E-state index contributed by atoms with van der Waals surface area (Å²) in [6.07, 6.45) is -0.0344. The van der Waals surface area contributed by atoms with Crippen molar-refractivity contribution in [1.82, 2.24) is 10.2 Å². The second-order valence-corrected chi connectivity index (χ2v) is 6.74. The molecule has 0 radical (unpaired) electrons. The van der Waals surface area contributed by atoms with Gasteiger partial charge in [0.2, 0.25) is 0 Å². The summed E-state index contributed by atoms with van der Waals surface area (Å²) in [5.74, 6) is 0. The molecular weight excluding hydrogens is 303 g/mol. The maximum Gasteiger partial charge on any atom is 0.469 e. The second-order valence-electron chi connectivity index (χ2n) is 5.50. The van der Waals surface area contributed by atoms with Crippen LogP contribution in [0, 0.1) is 0 Å². The predicted molar refractivity (Wildman–Crippen MR) is 73.6 cm³/mol. The van der Waals surface area contributed by atoms with Gasteiger partial charge in [0, 0.05) is 32.3 Å². The van der Waals surface area contributed by atoms with Crippen LogP contribution in [0.4, 0.5) is 4.79 Å². The molecule has 1 heterocycles. The minimum absolute atomic E-state index is 0.00534. The minimum Gasteiger partial charge on any atom is -0.441 e. The van der Waals surface area contributed by atoms with Crippen molar-refractivity contribution < 1.29 is 33.5 Å². The Labute approximate surface area is 123 Å². The van der Waals surface area contributed by atoms with Gasteiger partial charge in [-0.3, -0.25) is 4.52 Å². The predicted octanol–water partition coefficient (Wildman–Crippen LogP) is -0.333. The number of ether oxygens (including phenoxy) is 1. The van der Waals surface area contributed by atoms with Gasteiger partial charge >= 0.3 is 13.9 Å². The number of rotatable bonds is 6. The molecule has 0 aromatic heterocycles. The lowest BCUT2D eigenvalue weighted by Crippen LogP contribution is -2.54.